The summed E-state index contributed by atoms with van der Waals surface area (Å²) in [6.45, 7) is 1.64. The molecule has 3 aromatic carbocycles. The number of amides is 1. The van der Waals surface area contributed by atoms with Crippen LogP contribution in [0.5, 0.6) is 0 Å². The molecule has 1 heterocycles. The van der Waals surface area contributed by atoms with Gasteiger partial charge in [-0.3, -0.25) is 9.69 Å². The number of thioether (sulfide) groups is 1. The van der Waals surface area contributed by atoms with Crippen LogP contribution >= 0.6 is 11.8 Å². The highest BCUT2D eigenvalue weighted by Crippen LogP contribution is 2.20. The largest absolute Gasteiger partial charge is 0.459 e. The highest BCUT2D eigenvalue weighted by atomic mass is 32.2. The Morgan fingerprint density at radius 1 is 0.854 bits per heavy atom. The number of nitrogens with zero attached hydrogens (tertiary/aromatic N) is 4. The van der Waals surface area contributed by atoms with E-state index in [0.717, 1.165) is 21.8 Å². The minimum Gasteiger partial charge on any atom is -0.459 e. The number of hydrogen-bond acceptors (Lipinski definition) is 8. The van der Waals surface area contributed by atoms with E-state index in [2.05, 4.69) is 14.3 Å². The summed E-state index contributed by atoms with van der Waals surface area (Å²) < 4.78 is 59.1. The first-order valence-corrected chi connectivity index (χ1v) is 16.1. The third kappa shape index (κ3) is 8.46. The average molecular weight is 612 g/mol. The van der Waals surface area contributed by atoms with E-state index >= 15 is 0 Å². The molecule has 0 unspecified atom stereocenters. The summed E-state index contributed by atoms with van der Waals surface area (Å²) in [7, 11) is -8.17. The zero-order chi connectivity index (χ0) is 29.3. The molecular formula is C27H25N5O6S3. The first-order chi connectivity index (χ1) is 19.7. The molecule has 0 saturated carbocycles. The minimum atomic E-state index is -4.10. The van der Waals surface area contributed by atoms with Crippen LogP contribution in [0.3, 0.4) is 0 Å². The number of carbonyl (C=O) groups excluding carboxylic acids is 1. The molecule has 4 aromatic rings. The second kappa shape index (κ2) is 13.5. The fraction of sp³-hybridized carbons (Fsp3) is 0.148. The van der Waals surface area contributed by atoms with Crippen LogP contribution in [-0.4, -0.2) is 39.9 Å². The van der Waals surface area contributed by atoms with Crippen molar-refractivity contribution in [2.45, 2.75) is 27.8 Å². The predicted octanol–water partition coefficient (Wildman–Crippen LogP) is 5.19. The SMILES string of the molecule is [N-]=[N+]=NS(=O)(=O)c1ccc(CN(CCSc2ccccc2)Cc2ccc(S(=O)(=O)NC(=O)c3ccco3)cc2)cc1. The fourth-order valence-electron chi connectivity index (χ4n) is 3.81. The number of benzene rings is 3. The molecule has 212 valence electrons. The summed E-state index contributed by atoms with van der Waals surface area (Å²) in [5.74, 6) is -0.199. The van der Waals surface area contributed by atoms with Gasteiger partial charge in [0, 0.05) is 39.7 Å². The molecule has 1 N–H and O–H groups in total. The van der Waals surface area contributed by atoms with Crippen molar-refractivity contribution in [3.05, 3.63) is 125 Å². The van der Waals surface area contributed by atoms with Gasteiger partial charge >= 0.3 is 5.91 Å². The van der Waals surface area contributed by atoms with Gasteiger partial charge in [0.15, 0.2) is 5.76 Å². The Morgan fingerprint density at radius 3 is 2.02 bits per heavy atom. The normalized spacial score (nSPS) is 11.6. The molecule has 0 aliphatic heterocycles. The van der Waals surface area contributed by atoms with Gasteiger partial charge in [-0.1, -0.05) is 42.5 Å². The van der Waals surface area contributed by atoms with Crippen molar-refractivity contribution in [2.24, 2.45) is 4.52 Å². The fourth-order valence-corrected chi connectivity index (χ4v) is 6.38. The second-order valence-electron chi connectivity index (χ2n) is 8.72. The van der Waals surface area contributed by atoms with Crippen LogP contribution in [-0.2, 0) is 33.1 Å². The topological polar surface area (TPSA) is 163 Å². The number of azide groups is 1. The monoisotopic (exact) mass is 611 g/mol. The number of furan rings is 1. The lowest BCUT2D eigenvalue weighted by atomic mass is 10.1. The van der Waals surface area contributed by atoms with Crippen molar-refractivity contribution < 1.29 is 26.0 Å². The van der Waals surface area contributed by atoms with E-state index in [1.165, 1.54) is 42.7 Å². The highest BCUT2D eigenvalue weighted by Gasteiger charge is 2.20. The van der Waals surface area contributed by atoms with Crippen molar-refractivity contribution in [1.82, 2.24) is 9.62 Å². The van der Waals surface area contributed by atoms with Crippen LogP contribution in [0, 0.1) is 0 Å². The molecule has 0 spiro atoms. The molecule has 11 nitrogen and oxygen atoms in total. The molecule has 14 heteroatoms. The lowest BCUT2D eigenvalue weighted by Gasteiger charge is -2.23. The smallest absolute Gasteiger partial charge is 0.300 e. The molecule has 1 amide bonds. The lowest BCUT2D eigenvalue weighted by molar-refractivity contribution is 0.0954. The van der Waals surface area contributed by atoms with Crippen LogP contribution < -0.4 is 4.72 Å². The molecule has 0 saturated heterocycles. The van der Waals surface area contributed by atoms with Crippen molar-refractivity contribution in [3.63, 3.8) is 0 Å². The summed E-state index contributed by atoms with van der Waals surface area (Å²) in [6, 6.07) is 25.1. The van der Waals surface area contributed by atoms with E-state index < -0.39 is 26.0 Å². The van der Waals surface area contributed by atoms with E-state index in [-0.39, 0.29) is 15.6 Å². The first kappa shape index (κ1) is 29.9. The van der Waals surface area contributed by atoms with Crippen LogP contribution in [0.15, 0.2) is 121 Å². The summed E-state index contributed by atoms with van der Waals surface area (Å²) in [5.41, 5.74) is 10.2. The predicted molar refractivity (Wildman–Crippen MR) is 154 cm³/mol. The summed E-state index contributed by atoms with van der Waals surface area (Å²) in [5, 5.41) is 0. The molecule has 0 aliphatic carbocycles. The maximum Gasteiger partial charge on any atom is 0.300 e. The van der Waals surface area contributed by atoms with E-state index in [4.69, 9.17) is 9.95 Å². The molecule has 41 heavy (non-hydrogen) atoms. The summed E-state index contributed by atoms with van der Waals surface area (Å²) >= 11 is 1.70. The molecule has 4 rings (SSSR count). The highest BCUT2D eigenvalue weighted by molar-refractivity contribution is 7.99. The Labute approximate surface area is 241 Å². The van der Waals surface area contributed by atoms with Gasteiger partial charge in [0.1, 0.15) is 0 Å². The maximum atomic E-state index is 12.7. The van der Waals surface area contributed by atoms with Crippen LogP contribution in [0.4, 0.5) is 0 Å². The van der Waals surface area contributed by atoms with Crippen molar-refractivity contribution in [1.29, 1.82) is 0 Å². The number of rotatable bonds is 13. The van der Waals surface area contributed by atoms with E-state index in [9.17, 15) is 21.6 Å². The van der Waals surface area contributed by atoms with Crippen molar-refractivity contribution in [3.8, 4) is 0 Å². The van der Waals surface area contributed by atoms with E-state index in [1.807, 2.05) is 35.1 Å². The van der Waals surface area contributed by atoms with Gasteiger partial charge in [-0.05, 0) is 65.2 Å². The molecule has 0 radical (unpaired) electrons. The van der Waals surface area contributed by atoms with Gasteiger partial charge in [-0.25, -0.2) is 21.6 Å². The third-order valence-corrected chi connectivity index (χ3v) is 9.30. The van der Waals surface area contributed by atoms with E-state index in [0.29, 0.717) is 19.6 Å². The third-order valence-electron chi connectivity index (χ3n) is 5.80. The molecule has 1 aromatic heterocycles. The van der Waals surface area contributed by atoms with Crippen molar-refractivity contribution in [2.75, 3.05) is 12.3 Å². The van der Waals surface area contributed by atoms with E-state index in [1.54, 1.807) is 36.0 Å². The molecular weight excluding hydrogens is 587 g/mol. The van der Waals surface area contributed by atoms with Gasteiger partial charge in [0.2, 0.25) is 0 Å². The first-order valence-electron chi connectivity index (χ1n) is 12.2. The van der Waals surface area contributed by atoms with Crippen molar-refractivity contribution >= 4 is 37.7 Å². The molecule has 0 atom stereocenters. The maximum absolute atomic E-state index is 12.7. The summed E-state index contributed by atoms with van der Waals surface area (Å²) in [6.07, 6.45) is 1.28. The Hall–Kier alpha value is -4.07. The Balaban J connectivity index is 1.47. The number of nitrogens with one attached hydrogen (secondary N) is 1. The Kier molecular flexibility index (Phi) is 9.86. The molecule has 0 bridgehead atoms. The van der Waals surface area contributed by atoms with Crippen LogP contribution in [0.1, 0.15) is 21.7 Å². The number of carbonyl (C=O) groups is 1. The zero-order valence-electron chi connectivity index (χ0n) is 21.5. The Morgan fingerprint density at radius 2 is 1.46 bits per heavy atom. The zero-order valence-corrected chi connectivity index (χ0v) is 24.0. The van der Waals surface area contributed by atoms with Crippen LogP contribution in [0.25, 0.3) is 10.4 Å². The van der Waals surface area contributed by atoms with Gasteiger partial charge < -0.3 is 4.42 Å². The van der Waals surface area contributed by atoms with Gasteiger partial charge in [-0.2, -0.15) is 0 Å². The minimum absolute atomic E-state index is 0.0656. The number of sulfonamides is 2. The van der Waals surface area contributed by atoms with Gasteiger partial charge in [0.05, 0.1) is 16.1 Å². The Bertz CT molecular complexity index is 1720. The average Bonchev–Trinajstić information content (AvgIpc) is 3.50. The lowest BCUT2D eigenvalue weighted by Crippen LogP contribution is -2.30. The standard InChI is InChI=1S/C27H25N5O6S3/c28-30-31-41(36,37)25-14-10-22(11-15-25)20-32(16-18-39-23-5-2-1-3-6-23)19-21-8-12-24(13-9-21)40(34,35)29-27(33)26-7-4-17-38-26/h1-15,17H,16,18-20H2,(H,29,33). The van der Waals surface area contributed by atoms with Gasteiger partial charge in [-0.15, -0.1) is 11.8 Å². The quantitative estimate of drug-likeness (QED) is 0.0934. The van der Waals surface area contributed by atoms with Gasteiger partial charge in [0.25, 0.3) is 20.0 Å². The number of hydrogen-bond donors (Lipinski definition) is 1. The second-order valence-corrected chi connectivity index (χ2v) is 13.2. The summed E-state index contributed by atoms with van der Waals surface area (Å²) in [4.78, 5) is 17.6. The molecule has 0 fully saturated rings. The molecule has 0 aliphatic rings. The van der Waals surface area contributed by atoms with Crippen LogP contribution in [0.2, 0.25) is 0 Å².